The monoisotopic (exact) mass is 208 g/mol. The van der Waals surface area contributed by atoms with Crippen molar-refractivity contribution >= 4 is 0 Å². The summed E-state index contributed by atoms with van der Waals surface area (Å²) in [7, 11) is 0. The summed E-state index contributed by atoms with van der Waals surface area (Å²) in [4.78, 5) is 2.41. The third-order valence-corrected chi connectivity index (χ3v) is 3.59. The third kappa shape index (κ3) is 2.32. The lowest BCUT2D eigenvalue weighted by Gasteiger charge is -2.53. The van der Waals surface area contributed by atoms with Crippen molar-refractivity contribution in [3.05, 3.63) is 0 Å². The lowest BCUT2D eigenvalue weighted by atomic mass is 9.72. The third-order valence-electron chi connectivity index (χ3n) is 3.59. The van der Waals surface area contributed by atoms with E-state index in [1.165, 1.54) is 25.9 Å². The molecule has 2 fully saturated rings. The number of nitrogens with zero attached hydrogens (tertiary/aromatic N) is 2. The predicted octanol–water partition coefficient (Wildman–Crippen LogP) is 1.65. The highest BCUT2D eigenvalue weighted by atomic mass is 16.5. The molecule has 15 heavy (non-hydrogen) atoms. The molecule has 2 rings (SSSR count). The molecule has 0 atom stereocenters. The van der Waals surface area contributed by atoms with Crippen LogP contribution >= 0.6 is 0 Å². The highest BCUT2D eigenvalue weighted by Crippen LogP contribution is 2.40. The summed E-state index contributed by atoms with van der Waals surface area (Å²) in [6.07, 6.45) is 2.41. The standard InChI is InChI=1S/C12H20N2O/c1-11(2,7-13)8-14-9-12(10-14)3-5-15-6-4-12/h3-6,8-10H2,1-2H3. The van der Waals surface area contributed by atoms with E-state index in [1.54, 1.807) is 0 Å². The van der Waals surface area contributed by atoms with E-state index in [2.05, 4.69) is 11.0 Å². The Hall–Kier alpha value is -0.590. The summed E-state index contributed by atoms with van der Waals surface area (Å²) in [5.74, 6) is 0. The van der Waals surface area contributed by atoms with Gasteiger partial charge in [-0.15, -0.1) is 0 Å². The molecule has 0 unspecified atom stereocenters. The SMILES string of the molecule is CC(C)(C#N)CN1CC2(CCOCC2)C1. The van der Waals surface area contributed by atoms with Gasteiger partial charge in [0.25, 0.3) is 0 Å². The minimum Gasteiger partial charge on any atom is -0.381 e. The minimum atomic E-state index is -0.202. The van der Waals surface area contributed by atoms with Gasteiger partial charge in [-0.25, -0.2) is 0 Å². The van der Waals surface area contributed by atoms with Gasteiger partial charge in [-0.3, -0.25) is 0 Å². The van der Waals surface area contributed by atoms with E-state index in [0.717, 1.165) is 19.8 Å². The first kappa shape index (κ1) is 10.9. The van der Waals surface area contributed by atoms with Crippen molar-refractivity contribution in [3.8, 4) is 6.07 Å². The van der Waals surface area contributed by atoms with Crippen molar-refractivity contribution in [3.63, 3.8) is 0 Å². The predicted molar refractivity (Wildman–Crippen MR) is 58.3 cm³/mol. The Morgan fingerprint density at radius 1 is 1.33 bits per heavy atom. The molecule has 0 bridgehead atoms. The second kappa shape index (κ2) is 3.77. The van der Waals surface area contributed by atoms with Gasteiger partial charge >= 0.3 is 0 Å². The summed E-state index contributed by atoms with van der Waals surface area (Å²) in [6.45, 7) is 9.13. The van der Waals surface area contributed by atoms with Gasteiger partial charge in [-0.05, 0) is 26.7 Å². The summed E-state index contributed by atoms with van der Waals surface area (Å²) >= 11 is 0. The molecule has 0 radical (unpaired) electrons. The van der Waals surface area contributed by atoms with Crippen molar-refractivity contribution in [2.45, 2.75) is 26.7 Å². The van der Waals surface area contributed by atoms with Gasteiger partial charge in [0.2, 0.25) is 0 Å². The molecule has 3 heteroatoms. The molecule has 0 aromatic rings. The first-order valence-electron chi connectivity index (χ1n) is 5.77. The van der Waals surface area contributed by atoms with Gasteiger partial charge in [0, 0.05) is 38.3 Å². The van der Waals surface area contributed by atoms with Crippen molar-refractivity contribution < 1.29 is 4.74 Å². The highest BCUT2D eigenvalue weighted by Gasteiger charge is 2.44. The largest absolute Gasteiger partial charge is 0.381 e. The summed E-state index contributed by atoms with van der Waals surface area (Å²) in [6, 6.07) is 2.37. The number of nitriles is 1. The summed E-state index contributed by atoms with van der Waals surface area (Å²) < 4.78 is 5.39. The van der Waals surface area contributed by atoms with Crippen molar-refractivity contribution in [2.75, 3.05) is 32.8 Å². The van der Waals surface area contributed by atoms with Gasteiger partial charge < -0.3 is 9.64 Å². The van der Waals surface area contributed by atoms with Crippen LogP contribution in [0.5, 0.6) is 0 Å². The fourth-order valence-electron chi connectivity index (χ4n) is 2.73. The van der Waals surface area contributed by atoms with Crippen LogP contribution in [0.25, 0.3) is 0 Å². The molecule has 2 aliphatic heterocycles. The van der Waals surface area contributed by atoms with E-state index >= 15 is 0 Å². The molecular formula is C12H20N2O. The van der Waals surface area contributed by atoms with Gasteiger partial charge in [-0.1, -0.05) is 0 Å². The maximum Gasteiger partial charge on any atom is 0.0697 e. The van der Waals surface area contributed by atoms with Gasteiger partial charge in [-0.2, -0.15) is 5.26 Å². The van der Waals surface area contributed by atoms with Crippen LogP contribution in [-0.2, 0) is 4.74 Å². The fourth-order valence-corrected chi connectivity index (χ4v) is 2.73. The second-order valence-electron chi connectivity index (χ2n) is 5.75. The lowest BCUT2D eigenvalue weighted by molar-refractivity contribution is -0.0871. The Bertz CT molecular complexity index is 266. The van der Waals surface area contributed by atoms with Crippen LogP contribution in [0.15, 0.2) is 0 Å². The summed E-state index contributed by atoms with van der Waals surface area (Å²) in [5.41, 5.74) is 0.330. The summed E-state index contributed by atoms with van der Waals surface area (Å²) in [5, 5.41) is 8.97. The Morgan fingerprint density at radius 3 is 2.47 bits per heavy atom. The highest BCUT2D eigenvalue weighted by molar-refractivity contribution is 5.01. The van der Waals surface area contributed by atoms with Crippen molar-refractivity contribution in [1.82, 2.24) is 4.90 Å². The average molecular weight is 208 g/mol. The molecule has 3 nitrogen and oxygen atoms in total. The van der Waals surface area contributed by atoms with Crippen LogP contribution in [0, 0.1) is 22.2 Å². The average Bonchev–Trinajstić information content (AvgIpc) is 2.17. The molecule has 2 aliphatic rings. The van der Waals surface area contributed by atoms with Crippen LogP contribution in [0.4, 0.5) is 0 Å². The Labute approximate surface area is 92.0 Å². The number of hydrogen-bond acceptors (Lipinski definition) is 3. The van der Waals surface area contributed by atoms with E-state index in [0.29, 0.717) is 5.41 Å². The normalized spacial score (nSPS) is 25.9. The molecule has 0 aliphatic carbocycles. The Morgan fingerprint density at radius 2 is 1.93 bits per heavy atom. The Balaban J connectivity index is 1.80. The zero-order valence-corrected chi connectivity index (χ0v) is 9.75. The minimum absolute atomic E-state index is 0.202. The van der Waals surface area contributed by atoms with Crippen LogP contribution in [0.1, 0.15) is 26.7 Å². The van der Waals surface area contributed by atoms with E-state index < -0.39 is 0 Å². The maximum atomic E-state index is 8.97. The van der Waals surface area contributed by atoms with Crippen LogP contribution in [0.2, 0.25) is 0 Å². The van der Waals surface area contributed by atoms with E-state index in [4.69, 9.17) is 10.00 Å². The van der Waals surface area contributed by atoms with Crippen LogP contribution < -0.4 is 0 Å². The second-order valence-corrected chi connectivity index (χ2v) is 5.75. The number of rotatable bonds is 2. The van der Waals surface area contributed by atoms with Gasteiger partial charge in [0.15, 0.2) is 0 Å². The quantitative estimate of drug-likeness (QED) is 0.692. The molecule has 0 N–H and O–H groups in total. The molecular weight excluding hydrogens is 188 g/mol. The zero-order chi connectivity index (χ0) is 10.9. The van der Waals surface area contributed by atoms with Crippen molar-refractivity contribution in [1.29, 1.82) is 5.26 Å². The maximum absolute atomic E-state index is 8.97. The molecule has 1 spiro atoms. The fraction of sp³-hybridized carbons (Fsp3) is 0.917. The zero-order valence-electron chi connectivity index (χ0n) is 9.75. The van der Waals surface area contributed by atoms with Gasteiger partial charge in [0.1, 0.15) is 0 Å². The first-order chi connectivity index (χ1) is 7.05. The topological polar surface area (TPSA) is 36.3 Å². The van der Waals surface area contributed by atoms with Gasteiger partial charge in [0.05, 0.1) is 11.5 Å². The van der Waals surface area contributed by atoms with Crippen LogP contribution in [0.3, 0.4) is 0 Å². The molecule has 84 valence electrons. The smallest absolute Gasteiger partial charge is 0.0697 e. The van der Waals surface area contributed by atoms with E-state index in [9.17, 15) is 0 Å². The van der Waals surface area contributed by atoms with E-state index in [1.807, 2.05) is 13.8 Å². The molecule has 2 saturated heterocycles. The Kier molecular flexibility index (Phi) is 2.74. The number of likely N-dealkylation sites (tertiary alicyclic amines) is 1. The number of ether oxygens (including phenoxy) is 1. The molecule has 0 aromatic heterocycles. The first-order valence-corrected chi connectivity index (χ1v) is 5.77. The van der Waals surface area contributed by atoms with Crippen LogP contribution in [-0.4, -0.2) is 37.7 Å². The number of hydrogen-bond donors (Lipinski definition) is 0. The van der Waals surface area contributed by atoms with E-state index in [-0.39, 0.29) is 5.41 Å². The molecule has 0 aromatic carbocycles. The lowest BCUT2D eigenvalue weighted by Crippen LogP contribution is -2.59. The molecule has 0 amide bonds. The van der Waals surface area contributed by atoms with Crippen molar-refractivity contribution in [2.24, 2.45) is 10.8 Å². The molecule has 2 heterocycles. The molecule has 0 saturated carbocycles.